The molecule has 0 saturated carbocycles. The van der Waals surface area contributed by atoms with Crippen molar-refractivity contribution in [2.24, 2.45) is 0 Å². The van der Waals surface area contributed by atoms with Gasteiger partial charge in [0, 0.05) is 41.6 Å². The summed E-state index contributed by atoms with van der Waals surface area (Å²) in [6.07, 6.45) is 2.64. The molecule has 0 aliphatic heterocycles. The molecule has 4 aromatic carbocycles. The van der Waals surface area contributed by atoms with Crippen LogP contribution >= 0.6 is 0 Å². The molecule has 1 N–H and O–H groups in total. The lowest BCUT2D eigenvalue weighted by atomic mass is 10.1. The van der Waals surface area contributed by atoms with Gasteiger partial charge in [0.05, 0.1) is 11.4 Å². The number of hydrogen-bond donors (Lipinski definition) is 1. The summed E-state index contributed by atoms with van der Waals surface area (Å²) in [5.41, 5.74) is 3.18. The van der Waals surface area contributed by atoms with E-state index in [0.717, 1.165) is 27.4 Å². The molecule has 39 heavy (non-hydrogen) atoms. The Morgan fingerprint density at radius 3 is 2.26 bits per heavy atom. The quantitative estimate of drug-likeness (QED) is 0.237. The highest BCUT2D eigenvalue weighted by molar-refractivity contribution is 7.89. The van der Waals surface area contributed by atoms with Crippen LogP contribution in [0.3, 0.4) is 0 Å². The van der Waals surface area contributed by atoms with Gasteiger partial charge in [-0.05, 0) is 48.9 Å². The average Bonchev–Trinajstić information content (AvgIpc) is 3.36. The molecule has 0 aliphatic rings. The topological polar surface area (TPSA) is 73.5 Å². The van der Waals surface area contributed by atoms with E-state index in [1.165, 1.54) is 4.31 Å². The van der Waals surface area contributed by atoms with Gasteiger partial charge < -0.3 is 9.88 Å². The molecule has 0 radical (unpaired) electrons. The van der Waals surface area contributed by atoms with Crippen LogP contribution in [0.2, 0.25) is 0 Å². The molecule has 1 amide bonds. The van der Waals surface area contributed by atoms with E-state index in [9.17, 15) is 13.2 Å². The number of nitrogens with one attached hydrogen (secondary N) is 1. The Morgan fingerprint density at radius 1 is 0.821 bits per heavy atom. The highest BCUT2D eigenvalue weighted by Gasteiger charge is 2.32. The van der Waals surface area contributed by atoms with Gasteiger partial charge in [0.2, 0.25) is 15.9 Å². The van der Waals surface area contributed by atoms with Gasteiger partial charge >= 0.3 is 0 Å². The predicted octanol–water partition coefficient (Wildman–Crippen LogP) is 5.99. The van der Waals surface area contributed by atoms with Gasteiger partial charge in [-0.3, -0.25) is 4.79 Å². The lowest BCUT2D eigenvalue weighted by molar-refractivity contribution is -0.132. The molecule has 0 bridgehead atoms. The predicted molar refractivity (Wildman–Crippen MR) is 157 cm³/mol. The van der Waals surface area contributed by atoms with Crippen LogP contribution in [0, 0.1) is 0 Å². The Morgan fingerprint density at radius 2 is 1.49 bits per heavy atom. The van der Waals surface area contributed by atoms with Crippen molar-refractivity contribution >= 4 is 37.6 Å². The summed E-state index contributed by atoms with van der Waals surface area (Å²) in [6, 6.07) is 30.2. The second kappa shape index (κ2) is 11.4. The third kappa shape index (κ3) is 5.75. The van der Waals surface area contributed by atoms with E-state index >= 15 is 0 Å². The fraction of sp³-hybridized carbons (Fsp3) is 0.219. The van der Waals surface area contributed by atoms with E-state index in [0.29, 0.717) is 24.9 Å². The summed E-state index contributed by atoms with van der Waals surface area (Å²) in [6.45, 7) is 4.26. The number of benzene rings is 4. The Kier molecular flexibility index (Phi) is 7.82. The Balaban J connectivity index is 1.42. The largest absolute Gasteiger partial charge is 0.361 e. The molecule has 1 heterocycles. The van der Waals surface area contributed by atoms with Crippen molar-refractivity contribution < 1.29 is 13.2 Å². The summed E-state index contributed by atoms with van der Waals surface area (Å²) < 4.78 is 29.2. The van der Waals surface area contributed by atoms with E-state index in [4.69, 9.17) is 0 Å². The third-order valence-corrected chi connectivity index (χ3v) is 9.18. The first-order chi connectivity index (χ1) is 18.8. The number of carbonyl (C=O) groups excluding carboxylic acids is 1. The van der Waals surface area contributed by atoms with Crippen molar-refractivity contribution in [2.45, 2.75) is 37.8 Å². The number of aromatic nitrogens is 1. The van der Waals surface area contributed by atoms with Gasteiger partial charge in [-0.2, -0.15) is 4.31 Å². The Labute approximate surface area is 229 Å². The second-order valence-corrected chi connectivity index (χ2v) is 11.9. The van der Waals surface area contributed by atoms with Crippen LogP contribution < -0.4 is 0 Å². The molecule has 0 saturated heterocycles. The molecule has 7 heteroatoms. The van der Waals surface area contributed by atoms with Crippen LogP contribution in [0.25, 0.3) is 21.7 Å². The molecule has 5 rings (SSSR count). The van der Waals surface area contributed by atoms with Crippen LogP contribution in [0.4, 0.5) is 0 Å². The van der Waals surface area contributed by atoms with E-state index in [2.05, 4.69) is 11.1 Å². The first-order valence-electron chi connectivity index (χ1n) is 13.2. The molecule has 5 aromatic rings. The molecular formula is C32H33N3O3S. The summed E-state index contributed by atoms with van der Waals surface area (Å²) in [4.78, 5) is 19.1. The third-order valence-electron chi connectivity index (χ3n) is 7.10. The van der Waals surface area contributed by atoms with Crippen LogP contribution in [0.15, 0.2) is 108 Å². The van der Waals surface area contributed by atoms with Crippen molar-refractivity contribution in [1.82, 2.24) is 14.2 Å². The molecule has 0 fully saturated rings. The lowest BCUT2D eigenvalue weighted by Gasteiger charge is -2.30. The number of hydrogen-bond acceptors (Lipinski definition) is 3. The van der Waals surface area contributed by atoms with E-state index in [1.54, 1.807) is 17.0 Å². The van der Waals surface area contributed by atoms with Gasteiger partial charge in [-0.1, -0.05) is 84.9 Å². The van der Waals surface area contributed by atoms with Crippen LogP contribution in [0.5, 0.6) is 0 Å². The molecular weight excluding hydrogens is 506 g/mol. The molecule has 200 valence electrons. The first-order valence-corrected chi connectivity index (χ1v) is 14.6. The normalized spacial score (nSPS) is 12.0. The highest BCUT2D eigenvalue weighted by Crippen LogP contribution is 2.27. The van der Waals surface area contributed by atoms with Gasteiger partial charge in [-0.25, -0.2) is 8.42 Å². The van der Waals surface area contributed by atoms with Crippen molar-refractivity contribution in [3.05, 3.63) is 114 Å². The van der Waals surface area contributed by atoms with Gasteiger partial charge in [0.15, 0.2) is 0 Å². The van der Waals surface area contributed by atoms with Crippen LogP contribution in [-0.2, 0) is 27.8 Å². The Hall–Kier alpha value is -3.94. The van der Waals surface area contributed by atoms with E-state index in [1.807, 2.05) is 98.9 Å². The minimum Gasteiger partial charge on any atom is -0.361 e. The summed E-state index contributed by atoms with van der Waals surface area (Å²) in [5.74, 6) is -0.226. The number of H-pyrrole nitrogens is 1. The maximum atomic E-state index is 13.9. The van der Waals surface area contributed by atoms with Crippen molar-refractivity contribution in [3.63, 3.8) is 0 Å². The highest BCUT2D eigenvalue weighted by atomic mass is 32.2. The summed E-state index contributed by atoms with van der Waals surface area (Å²) in [7, 11) is -3.93. The number of sulfonamides is 1. The molecule has 0 unspecified atom stereocenters. The summed E-state index contributed by atoms with van der Waals surface area (Å²) in [5, 5.41) is 2.63. The maximum Gasteiger partial charge on any atom is 0.244 e. The van der Waals surface area contributed by atoms with E-state index in [-0.39, 0.29) is 17.3 Å². The minimum atomic E-state index is -3.93. The van der Waals surface area contributed by atoms with E-state index < -0.39 is 16.1 Å². The zero-order valence-electron chi connectivity index (χ0n) is 22.2. The number of fused-ring (bicyclic) bond motifs is 2. The monoisotopic (exact) mass is 539 g/mol. The Bertz CT molecular complexity index is 1690. The standard InChI is InChI=1S/C32H33N3O3S/c1-24(2)35(39(37,38)31-18-10-14-26-13-6-7-16-29(26)31)23-32(36)34(22-25-11-4-3-5-12-25)20-19-27-21-33-30-17-9-8-15-28(27)30/h3-18,21,24,33H,19-20,22-23H2,1-2H3. The smallest absolute Gasteiger partial charge is 0.244 e. The second-order valence-electron chi connectivity index (χ2n) is 10.0. The molecule has 1 aromatic heterocycles. The molecule has 0 atom stereocenters. The molecule has 0 spiro atoms. The van der Waals surface area contributed by atoms with Gasteiger partial charge in [-0.15, -0.1) is 0 Å². The van der Waals surface area contributed by atoms with Gasteiger partial charge in [0.1, 0.15) is 0 Å². The number of carbonyl (C=O) groups is 1. The fourth-order valence-corrected chi connectivity index (χ4v) is 6.82. The molecule has 6 nitrogen and oxygen atoms in total. The molecule has 0 aliphatic carbocycles. The van der Waals surface area contributed by atoms with Crippen LogP contribution in [-0.4, -0.2) is 47.6 Å². The average molecular weight is 540 g/mol. The number of amides is 1. The van der Waals surface area contributed by atoms with Crippen molar-refractivity contribution in [1.29, 1.82) is 0 Å². The minimum absolute atomic E-state index is 0.218. The SMILES string of the molecule is CC(C)N(CC(=O)N(CCc1c[nH]c2ccccc12)Cc1ccccc1)S(=O)(=O)c1cccc2ccccc12. The van der Waals surface area contributed by atoms with Gasteiger partial charge in [0.25, 0.3) is 0 Å². The lowest BCUT2D eigenvalue weighted by Crippen LogP contribution is -2.46. The van der Waals surface area contributed by atoms with Crippen molar-refractivity contribution in [2.75, 3.05) is 13.1 Å². The van der Waals surface area contributed by atoms with Crippen LogP contribution in [0.1, 0.15) is 25.0 Å². The zero-order chi connectivity index (χ0) is 27.4. The first kappa shape index (κ1) is 26.7. The number of rotatable bonds is 10. The van der Waals surface area contributed by atoms with Crippen molar-refractivity contribution in [3.8, 4) is 0 Å². The fourth-order valence-electron chi connectivity index (χ4n) is 5.01. The number of nitrogens with zero attached hydrogens (tertiary/aromatic N) is 2. The number of para-hydroxylation sites is 1. The number of aromatic amines is 1. The zero-order valence-corrected chi connectivity index (χ0v) is 23.1. The maximum absolute atomic E-state index is 13.9. The summed E-state index contributed by atoms with van der Waals surface area (Å²) >= 11 is 0.